The van der Waals surface area contributed by atoms with Gasteiger partial charge in [0.1, 0.15) is 12.2 Å². The molecule has 0 aromatic carbocycles. The van der Waals surface area contributed by atoms with Crippen molar-refractivity contribution in [3.8, 4) is 5.88 Å². The highest BCUT2D eigenvalue weighted by molar-refractivity contribution is 14.0. The largest absolute Gasteiger partial charge is 0.475 e. The molecule has 0 atom stereocenters. The minimum absolute atomic E-state index is 0. The summed E-state index contributed by atoms with van der Waals surface area (Å²) in [5.41, 5.74) is -0.882. The molecule has 0 saturated heterocycles. The van der Waals surface area contributed by atoms with E-state index in [1.807, 2.05) is 13.8 Å². The standard InChI is InChI=1S/C13H19F3N4O.HI/c1-3-17-12(18-4-2)20-8-9-21-11-10(13(14,15)16)6-5-7-19-11;/h5-7H,3-4,8-9H2,1-2H3,(H2,17,18,20);1H. The molecule has 0 amide bonds. The highest BCUT2D eigenvalue weighted by Gasteiger charge is 2.34. The van der Waals surface area contributed by atoms with E-state index in [1.165, 1.54) is 12.3 Å². The van der Waals surface area contributed by atoms with Gasteiger partial charge in [0.25, 0.3) is 0 Å². The summed E-state index contributed by atoms with van der Waals surface area (Å²) in [4.78, 5) is 7.78. The molecule has 9 heteroatoms. The lowest BCUT2D eigenvalue weighted by Crippen LogP contribution is -2.37. The first-order valence-electron chi connectivity index (χ1n) is 6.66. The Morgan fingerprint density at radius 2 is 1.91 bits per heavy atom. The molecule has 1 rings (SSSR count). The fraction of sp³-hybridized carbons (Fsp3) is 0.538. The predicted molar refractivity (Wildman–Crippen MR) is 89.8 cm³/mol. The fourth-order valence-corrected chi connectivity index (χ4v) is 1.53. The Morgan fingerprint density at radius 1 is 1.27 bits per heavy atom. The Kier molecular flexibility index (Phi) is 9.86. The molecule has 0 saturated carbocycles. The first-order chi connectivity index (χ1) is 9.99. The maximum absolute atomic E-state index is 12.7. The average Bonchev–Trinajstić information content (AvgIpc) is 2.43. The second-order valence-corrected chi connectivity index (χ2v) is 3.99. The summed E-state index contributed by atoms with van der Waals surface area (Å²) in [6.45, 7) is 5.49. The highest BCUT2D eigenvalue weighted by atomic mass is 127. The first-order valence-corrected chi connectivity index (χ1v) is 6.66. The quantitative estimate of drug-likeness (QED) is 0.314. The molecule has 0 fully saturated rings. The average molecular weight is 432 g/mol. The molecule has 0 aliphatic heterocycles. The molecule has 1 heterocycles. The van der Waals surface area contributed by atoms with Gasteiger partial charge in [0.2, 0.25) is 5.88 Å². The molecule has 0 aliphatic rings. The maximum atomic E-state index is 12.7. The van der Waals surface area contributed by atoms with Crippen LogP contribution in [0.25, 0.3) is 0 Å². The van der Waals surface area contributed by atoms with Gasteiger partial charge in [0.05, 0.1) is 6.54 Å². The number of guanidine groups is 1. The van der Waals surface area contributed by atoms with Gasteiger partial charge in [-0.15, -0.1) is 24.0 Å². The summed E-state index contributed by atoms with van der Waals surface area (Å²) in [7, 11) is 0. The van der Waals surface area contributed by atoms with Crippen LogP contribution in [-0.2, 0) is 6.18 Å². The molecule has 5 nitrogen and oxygen atoms in total. The topological polar surface area (TPSA) is 58.5 Å². The molecule has 0 bridgehead atoms. The second-order valence-electron chi connectivity index (χ2n) is 3.99. The Balaban J connectivity index is 0.00000441. The smallest absolute Gasteiger partial charge is 0.421 e. The van der Waals surface area contributed by atoms with E-state index in [0.717, 1.165) is 6.07 Å². The van der Waals surface area contributed by atoms with Crippen LogP contribution in [0.4, 0.5) is 13.2 Å². The predicted octanol–water partition coefficient (Wildman–Crippen LogP) is 2.67. The number of ether oxygens (including phenoxy) is 1. The van der Waals surface area contributed by atoms with Crippen molar-refractivity contribution in [2.24, 2.45) is 4.99 Å². The Morgan fingerprint density at radius 3 is 2.45 bits per heavy atom. The van der Waals surface area contributed by atoms with Crippen LogP contribution in [0.3, 0.4) is 0 Å². The number of hydrogen-bond donors (Lipinski definition) is 2. The van der Waals surface area contributed by atoms with Gasteiger partial charge >= 0.3 is 6.18 Å². The lowest BCUT2D eigenvalue weighted by molar-refractivity contribution is -0.139. The van der Waals surface area contributed by atoms with E-state index in [-0.39, 0.29) is 37.1 Å². The van der Waals surface area contributed by atoms with Gasteiger partial charge in [0.15, 0.2) is 5.96 Å². The maximum Gasteiger partial charge on any atom is 0.421 e. The minimum atomic E-state index is -4.48. The molecular weight excluding hydrogens is 412 g/mol. The first kappa shape index (κ1) is 20.7. The molecule has 2 N–H and O–H groups in total. The van der Waals surface area contributed by atoms with Gasteiger partial charge in [-0.1, -0.05) is 0 Å². The van der Waals surface area contributed by atoms with Crippen LogP contribution in [0.1, 0.15) is 19.4 Å². The van der Waals surface area contributed by atoms with E-state index in [1.54, 1.807) is 0 Å². The molecule has 22 heavy (non-hydrogen) atoms. The van der Waals surface area contributed by atoms with E-state index < -0.39 is 17.6 Å². The molecule has 0 radical (unpaired) electrons. The van der Waals surface area contributed by atoms with Crippen LogP contribution in [-0.4, -0.2) is 37.2 Å². The van der Waals surface area contributed by atoms with Gasteiger partial charge < -0.3 is 15.4 Å². The summed E-state index contributed by atoms with van der Waals surface area (Å²) in [5.74, 6) is 0.175. The Labute approximate surface area is 144 Å². The van der Waals surface area contributed by atoms with Gasteiger partial charge in [0, 0.05) is 19.3 Å². The molecule has 0 unspecified atom stereocenters. The number of hydrogen-bond acceptors (Lipinski definition) is 3. The van der Waals surface area contributed by atoms with E-state index >= 15 is 0 Å². The molecule has 126 valence electrons. The van der Waals surface area contributed by atoms with Gasteiger partial charge in [-0.2, -0.15) is 13.2 Å². The molecule has 1 aromatic rings. The lowest BCUT2D eigenvalue weighted by atomic mass is 10.2. The van der Waals surface area contributed by atoms with Crippen molar-refractivity contribution >= 4 is 29.9 Å². The van der Waals surface area contributed by atoms with Gasteiger partial charge in [-0.05, 0) is 26.0 Å². The van der Waals surface area contributed by atoms with E-state index in [4.69, 9.17) is 4.74 Å². The van der Waals surface area contributed by atoms with Crippen molar-refractivity contribution in [2.75, 3.05) is 26.2 Å². The SMILES string of the molecule is CCNC(=NCCOc1ncccc1C(F)(F)F)NCC.I. The van der Waals surface area contributed by atoms with E-state index in [2.05, 4.69) is 20.6 Å². The fourth-order valence-electron chi connectivity index (χ4n) is 1.53. The molecule has 1 aromatic heterocycles. The van der Waals surface area contributed by atoms with Gasteiger partial charge in [-0.25, -0.2) is 9.98 Å². The number of rotatable bonds is 6. The third kappa shape index (κ3) is 7.14. The summed E-state index contributed by atoms with van der Waals surface area (Å²) in [6.07, 6.45) is -3.22. The van der Waals surface area contributed by atoms with Crippen molar-refractivity contribution in [1.82, 2.24) is 15.6 Å². The van der Waals surface area contributed by atoms with Crippen LogP contribution in [0.5, 0.6) is 5.88 Å². The number of nitrogens with one attached hydrogen (secondary N) is 2. The van der Waals surface area contributed by atoms with Crippen LogP contribution in [0, 0.1) is 0 Å². The summed E-state index contributed by atoms with van der Waals surface area (Å²) in [6, 6.07) is 2.16. The number of aliphatic imine (C=N–C) groups is 1. The van der Waals surface area contributed by atoms with Crippen LogP contribution in [0.2, 0.25) is 0 Å². The zero-order valence-corrected chi connectivity index (χ0v) is 14.7. The van der Waals surface area contributed by atoms with Crippen molar-refractivity contribution in [3.63, 3.8) is 0 Å². The number of nitrogens with zero attached hydrogens (tertiary/aromatic N) is 2. The Bertz CT molecular complexity index is 461. The van der Waals surface area contributed by atoms with E-state index in [0.29, 0.717) is 19.0 Å². The summed E-state index contributed by atoms with van der Waals surface area (Å²) < 4.78 is 43.2. The third-order valence-corrected chi connectivity index (χ3v) is 2.36. The third-order valence-electron chi connectivity index (χ3n) is 2.36. The zero-order valence-electron chi connectivity index (χ0n) is 12.4. The summed E-state index contributed by atoms with van der Waals surface area (Å²) >= 11 is 0. The Hall–Kier alpha value is -1.26. The second kappa shape index (κ2) is 10.5. The van der Waals surface area contributed by atoms with Crippen molar-refractivity contribution < 1.29 is 17.9 Å². The van der Waals surface area contributed by atoms with Crippen molar-refractivity contribution in [3.05, 3.63) is 23.9 Å². The van der Waals surface area contributed by atoms with Crippen molar-refractivity contribution in [2.45, 2.75) is 20.0 Å². The minimum Gasteiger partial charge on any atom is -0.475 e. The number of halogens is 4. The lowest BCUT2D eigenvalue weighted by Gasteiger charge is -2.12. The van der Waals surface area contributed by atoms with Crippen LogP contribution in [0.15, 0.2) is 23.3 Å². The monoisotopic (exact) mass is 432 g/mol. The van der Waals surface area contributed by atoms with E-state index in [9.17, 15) is 13.2 Å². The molecular formula is C13H20F3IN4O. The number of alkyl halides is 3. The van der Waals surface area contributed by atoms with Crippen LogP contribution >= 0.6 is 24.0 Å². The number of pyridine rings is 1. The normalized spacial score (nSPS) is 10.4. The van der Waals surface area contributed by atoms with Crippen LogP contribution < -0.4 is 15.4 Å². The molecule has 0 spiro atoms. The highest BCUT2D eigenvalue weighted by Crippen LogP contribution is 2.34. The van der Waals surface area contributed by atoms with Gasteiger partial charge in [-0.3, -0.25) is 0 Å². The summed E-state index contributed by atoms with van der Waals surface area (Å²) in [5, 5.41) is 6.01. The van der Waals surface area contributed by atoms with Crippen molar-refractivity contribution in [1.29, 1.82) is 0 Å². The number of aromatic nitrogens is 1. The molecule has 0 aliphatic carbocycles. The zero-order chi connectivity index (χ0) is 15.7.